The Morgan fingerprint density at radius 1 is 1.29 bits per heavy atom. The van der Waals surface area contributed by atoms with Gasteiger partial charge in [0, 0.05) is 19.6 Å². The van der Waals surface area contributed by atoms with Crippen LogP contribution in [0, 0.1) is 5.41 Å². The van der Waals surface area contributed by atoms with E-state index in [4.69, 9.17) is 5.11 Å². The molecule has 0 rings (SSSR count). The number of urea groups is 1. The quantitative estimate of drug-likeness (QED) is 0.662. The van der Waals surface area contributed by atoms with Crippen molar-refractivity contribution < 1.29 is 14.7 Å². The fourth-order valence-electron chi connectivity index (χ4n) is 1.04. The molecule has 0 aromatic rings. The van der Waals surface area contributed by atoms with Crippen LogP contribution in [0.2, 0.25) is 0 Å². The fraction of sp³-hybridized carbons (Fsp3) is 0.500. The van der Waals surface area contributed by atoms with E-state index >= 15 is 0 Å². The van der Waals surface area contributed by atoms with Gasteiger partial charge in [0.05, 0.1) is 5.41 Å². The number of carboxylic acids is 1. The molecule has 0 aliphatic heterocycles. The molecule has 0 radical (unpaired) electrons. The minimum atomic E-state index is -0.982. The first-order valence-corrected chi connectivity index (χ1v) is 5.33. The van der Waals surface area contributed by atoms with Gasteiger partial charge in [0.2, 0.25) is 0 Å². The summed E-state index contributed by atoms with van der Waals surface area (Å²) in [5.74, 6) is -0.947. The summed E-state index contributed by atoms with van der Waals surface area (Å²) >= 11 is 0. The Morgan fingerprint density at radius 2 is 1.76 bits per heavy atom. The normalized spacial score (nSPS) is 10.5. The standard InChI is InChI=1S/C12H20N2O3/c1-5-7-14(8-6-2)11(17)13-9-12(3,4)10(15)16/h5-6H,1-2,7-9H2,3-4H3,(H,13,17)(H,15,16). The molecule has 0 atom stereocenters. The van der Waals surface area contributed by atoms with E-state index in [1.807, 2.05) is 0 Å². The number of amides is 2. The van der Waals surface area contributed by atoms with Crippen molar-refractivity contribution in [1.82, 2.24) is 10.2 Å². The van der Waals surface area contributed by atoms with Gasteiger partial charge in [-0.05, 0) is 13.8 Å². The number of carboxylic acid groups (broad SMARTS) is 1. The van der Waals surface area contributed by atoms with E-state index in [9.17, 15) is 9.59 Å². The molecule has 0 heterocycles. The second-order valence-electron chi connectivity index (χ2n) is 4.33. The Labute approximate surface area is 102 Å². The first-order chi connectivity index (χ1) is 7.85. The third kappa shape index (κ3) is 5.19. The number of aliphatic carboxylic acids is 1. The van der Waals surface area contributed by atoms with Gasteiger partial charge >= 0.3 is 12.0 Å². The van der Waals surface area contributed by atoms with E-state index in [1.54, 1.807) is 26.0 Å². The summed E-state index contributed by atoms with van der Waals surface area (Å²) in [6.45, 7) is 11.1. The van der Waals surface area contributed by atoms with E-state index in [-0.39, 0.29) is 12.6 Å². The maximum Gasteiger partial charge on any atom is 0.317 e. The molecule has 96 valence electrons. The average Bonchev–Trinajstić information content (AvgIpc) is 2.25. The third-order valence-electron chi connectivity index (χ3n) is 2.25. The van der Waals surface area contributed by atoms with Gasteiger partial charge < -0.3 is 15.3 Å². The summed E-state index contributed by atoms with van der Waals surface area (Å²) in [4.78, 5) is 24.1. The van der Waals surface area contributed by atoms with Crippen LogP contribution in [0.1, 0.15) is 13.8 Å². The van der Waals surface area contributed by atoms with Crippen LogP contribution in [-0.4, -0.2) is 41.6 Å². The molecule has 0 aliphatic carbocycles. The zero-order valence-corrected chi connectivity index (χ0v) is 10.4. The first-order valence-electron chi connectivity index (χ1n) is 5.33. The van der Waals surface area contributed by atoms with Crippen LogP contribution in [0.4, 0.5) is 4.79 Å². The molecule has 0 aromatic heterocycles. The van der Waals surface area contributed by atoms with Gasteiger partial charge in [-0.25, -0.2) is 4.79 Å². The molecular weight excluding hydrogens is 220 g/mol. The first kappa shape index (κ1) is 15.2. The molecule has 2 amide bonds. The predicted molar refractivity (Wildman–Crippen MR) is 66.8 cm³/mol. The summed E-state index contributed by atoms with van der Waals surface area (Å²) < 4.78 is 0. The highest BCUT2D eigenvalue weighted by molar-refractivity contribution is 5.77. The predicted octanol–water partition coefficient (Wildman–Crippen LogP) is 1.48. The minimum absolute atomic E-state index is 0.0753. The molecule has 2 N–H and O–H groups in total. The maximum atomic E-state index is 11.7. The number of nitrogens with one attached hydrogen (secondary N) is 1. The zero-order chi connectivity index (χ0) is 13.5. The van der Waals surface area contributed by atoms with Crippen molar-refractivity contribution in [3.8, 4) is 0 Å². The number of hydrogen-bond acceptors (Lipinski definition) is 2. The van der Waals surface area contributed by atoms with Crippen molar-refractivity contribution in [2.45, 2.75) is 13.8 Å². The molecule has 0 aliphatic rings. The Hall–Kier alpha value is -1.78. The lowest BCUT2D eigenvalue weighted by molar-refractivity contribution is -0.146. The zero-order valence-electron chi connectivity index (χ0n) is 10.4. The third-order valence-corrected chi connectivity index (χ3v) is 2.25. The van der Waals surface area contributed by atoms with Crippen molar-refractivity contribution in [3.05, 3.63) is 25.3 Å². The van der Waals surface area contributed by atoms with Gasteiger partial charge in [-0.1, -0.05) is 12.2 Å². The SMILES string of the molecule is C=CCN(CC=C)C(=O)NCC(C)(C)C(=O)O. The van der Waals surface area contributed by atoms with E-state index in [1.165, 1.54) is 4.90 Å². The van der Waals surface area contributed by atoms with Crippen LogP contribution in [0.5, 0.6) is 0 Å². The van der Waals surface area contributed by atoms with Crippen molar-refractivity contribution in [2.75, 3.05) is 19.6 Å². The molecular formula is C12H20N2O3. The van der Waals surface area contributed by atoms with Gasteiger partial charge in [0.25, 0.3) is 0 Å². The van der Waals surface area contributed by atoms with Gasteiger partial charge in [0.15, 0.2) is 0 Å². The molecule has 0 saturated heterocycles. The minimum Gasteiger partial charge on any atom is -0.481 e. The molecule has 0 spiro atoms. The Balaban J connectivity index is 4.36. The summed E-state index contributed by atoms with van der Waals surface area (Å²) in [6.07, 6.45) is 3.21. The van der Waals surface area contributed by atoms with E-state index < -0.39 is 11.4 Å². The van der Waals surface area contributed by atoms with Crippen LogP contribution in [0.15, 0.2) is 25.3 Å². The Bertz CT molecular complexity index is 301. The van der Waals surface area contributed by atoms with Gasteiger partial charge in [-0.3, -0.25) is 4.79 Å². The van der Waals surface area contributed by atoms with Gasteiger partial charge in [-0.2, -0.15) is 0 Å². The number of hydrogen-bond donors (Lipinski definition) is 2. The second kappa shape index (κ2) is 6.73. The smallest absolute Gasteiger partial charge is 0.317 e. The highest BCUT2D eigenvalue weighted by Gasteiger charge is 2.28. The second-order valence-corrected chi connectivity index (χ2v) is 4.33. The molecule has 0 saturated carbocycles. The Morgan fingerprint density at radius 3 is 2.12 bits per heavy atom. The molecule has 0 aromatic carbocycles. The molecule has 0 unspecified atom stereocenters. The monoisotopic (exact) mass is 240 g/mol. The summed E-state index contributed by atoms with van der Waals surface area (Å²) in [5, 5.41) is 11.5. The van der Waals surface area contributed by atoms with Crippen LogP contribution < -0.4 is 5.32 Å². The number of carbonyl (C=O) groups is 2. The molecule has 5 heteroatoms. The van der Waals surface area contributed by atoms with Crippen molar-refractivity contribution in [3.63, 3.8) is 0 Å². The van der Waals surface area contributed by atoms with Gasteiger partial charge in [0.1, 0.15) is 0 Å². The largest absolute Gasteiger partial charge is 0.481 e. The Kier molecular flexibility index (Phi) is 6.02. The lowest BCUT2D eigenvalue weighted by Crippen LogP contribution is -2.45. The lowest BCUT2D eigenvalue weighted by Gasteiger charge is -2.24. The highest BCUT2D eigenvalue weighted by Crippen LogP contribution is 2.13. The van der Waals surface area contributed by atoms with E-state index in [0.717, 1.165) is 0 Å². The molecule has 17 heavy (non-hydrogen) atoms. The summed E-state index contributed by atoms with van der Waals surface area (Å²) in [5.41, 5.74) is -0.982. The molecule has 5 nitrogen and oxygen atoms in total. The number of carbonyl (C=O) groups excluding carboxylic acids is 1. The van der Waals surface area contributed by atoms with Crippen LogP contribution in [0.3, 0.4) is 0 Å². The molecule has 0 bridgehead atoms. The van der Waals surface area contributed by atoms with Crippen molar-refractivity contribution in [2.24, 2.45) is 5.41 Å². The number of rotatable bonds is 7. The van der Waals surface area contributed by atoms with Crippen LogP contribution in [0.25, 0.3) is 0 Å². The fourth-order valence-corrected chi connectivity index (χ4v) is 1.04. The molecule has 0 fully saturated rings. The maximum absolute atomic E-state index is 11.7. The van der Waals surface area contributed by atoms with Crippen molar-refractivity contribution in [1.29, 1.82) is 0 Å². The van der Waals surface area contributed by atoms with E-state index in [0.29, 0.717) is 13.1 Å². The summed E-state index contributed by atoms with van der Waals surface area (Å²) in [6, 6.07) is -0.320. The highest BCUT2D eigenvalue weighted by atomic mass is 16.4. The summed E-state index contributed by atoms with van der Waals surface area (Å²) in [7, 11) is 0. The average molecular weight is 240 g/mol. The van der Waals surface area contributed by atoms with Crippen molar-refractivity contribution >= 4 is 12.0 Å². The lowest BCUT2D eigenvalue weighted by atomic mass is 9.94. The number of nitrogens with zero attached hydrogens (tertiary/aromatic N) is 1. The van der Waals surface area contributed by atoms with Crippen LogP contribution >= 0.6 is 0 Å². The topological polar surface area (TPSA) is 69.6 Å². The van der Waals surface area contributed by atoms with Crippen LogP contribution in [-0.2, 0) is 4.79 Å². The van der Waals surface area contributed by atoms with Gasteiger partial charge in [-0.15, -0.1) is 13.2 Å². The van der Waals surface area contributed by atoms with E-state index in [2.05, 4.69) is 18.5 Å².